The highest BCUT2D eigenvalue weighted by Gasteiger charge is 2.12. The number of Topliss-reactive ketones (excluding diaryl/α,β-unsaturated/α-hetero) is 1. The van der Waals surface area contributed by atoms with E-state index in [2.05, 4.69) is 21.2 Å². The summed E-state index contributed by atoms with van der Waals surface area (Å²) < 4.78 is 6.60. The van der Waals surface area contributed by atoms with Gasteiger partial charge in [-0.25, -0.2) is 0 Å². The van der Waals surface area contributed by atoms with E-state index in [0.717, 1.165) is 4.47 Å². The van der Waals surface area contributed by atoms with E-state index >= 15 is 0 Å². The average Bonchev–Trinajstić information content (AvgIpc) is 2.42. The van der Waals surface area contributed by atoms with Gasteiger partial charge in [0.15, 0.2) is 11.5 Å². The summed E-state index contributed by atoms with van der Waals surface area (Å²) in [5.74, 6) is 0.651. The van der Waals surface area contributed by atoms with E-state index in [-0.39, 0.29) is 11.7 Å². The van der Waals surface area contributed by atoms with Crippen molar-refractivity contribution in [3.8, 4) is 11.5 Å². The second-order valence-corrected chi connectivity index (χ2v) is 5.39. The molecule has 108 valence electrons. The Morgan fingerprint density at radius 3 is 2.43 bits per heavy atom. The summed E-state index contributed by atoms with van der Waals surface area (Å²) in [6.45, 7) is 2.91. The summed E-state index contributed by atoms with van der Waals surface area (Å²) in [6, 6.07) is 12.3. The Morgan fingerprint density at radius 1 is 1.05 bits per heavy atom. The van der Waals surface area contributed by atoms with Gasteiger partial charge in [0.1, 0.15) is 5.75 Å². The molecule has 0 heterocycles. The van der Waals surface area contributed by atoms with Crippen molar-refractivity contribution < 1.29 is 14.3 Å². The third-order valence-corrected chi connectivity index (χ3v) is 3.23. The summed E-state index contributed by atoms with van der Waals surface area (Å²) in [5, 5.41) is 2.70. The molecule has 2 aromatic carbocycles. The van der Waals surface area contributed by atoms with Crippen molar-refractivity contribution in [2.45, 2.75) is 13.8 Å². The molecule has 0 aliphatic rings. The van der Waals surface area contributed by atoms with Crippen molar-refractivity contribution in [1.29, 1.82) is 0 Å². The maximum Gasteiger partial charge on any atom is 0.221 e. The van der Waals surface area contributed by atoms with Crippen molar-refractivity contribution in [2.24, 2.45) is 0 Å². The Labute approximate surface area is 131 Å². The number of nitrogens with one attached hydrogen (secondary N) is 1. The van der Waals surface area contributed by atoms with Gasteiger partial charge in [-0.3, -0.25) is 9.59 Å². The van der Waals surface area contributed by atoms with Crippen LogP contribution in [0.1, 0.15) is 24.2 Å². The quantitative estimate of drug-likeness (QED) is 0.833. The smallest absolute Gasteiger partial charge is 0.221 e. The predicted octanol–water partition coefficient (Wildman–Crippen LogP) is 4.40. The second-order valence-electron chi connectivity index (χ2n) is 4.48. The van der Waals surface area contributed by atoms with Crippen LogP contribution in [0, 0.1) is 0 Å². The third-order valence-electron chi connectivity index (χ3n) is 2.74. The fraction of sp³-hybridized carbons (Fsp3) is 0.125. The number of benzene rings is 2. The molecule has 0 saturated carbocycles. The topological polar surface area (TPSA) is 55.4 Å². The first-order chi connectivity index (χ1) is 9.97. The van der Waals surface area contributed by atoms with Gasteiger partial charge in [0.2, 0.25) is 5.91 Å². The fourth-order valence-corrected chi connectivity index (χ4v) is 2.19. The van der Waals surface area contributed by atoms with Crippen LogP contribution in [-0.4, -0.2) is 11.7 Å². The Hall–Kier alpha value is -2.14. The number of halogens is 1. The van der Waals surface area contributed by atoms with Crippen LogP contribution >= 0.6 is 15.9 Å². The summed E-state index contributed by atoms with van der Waals surface area (Å²) in [6.07, 6.45) is 0. The molecular formula is C16H14BrNO3. The van der Waals surface area contributed by atoms with Gasteiger partial charge in [-0.1, -0.05) is 28.1 Å². The number of para-hydroxylation sites is 2. The van der Waals surface area contributed by atoms with Gasteiger partial charge in [-0.2, -0.15) is 0 Å². The molecule has 0 bridgehead atoms. The molecule has 1 amide bonds. The van der Waals surface area contributed by atoms with Gasteiger partial charge in [-0.05, 0) is 37.3 Å². The molecule has 0 spiro atoms. The number of carbonyl (C=O) groups excluding carboxylic acids is 2. The predicted molar refractivity (Wildman–Crippen MR) is 85.0 cm³/mol. The molecule has 0 aliphatic carbocycles. The first-order valence-corrected chi connectivity index (χ1v) is 7.11. The van der Waals surface area contributed by atoms with E-state index in [1.807, 2.05) is 0 Å². The summed E-state index contributed by atoms with van der Waals surface area (Å²) in [5.41, 5.74) is 1.03. The first kappa shape index (κ1) is 15.3. The van der Waals surface area contributed by atoms with Crippen molar-refractivity contribution in [1.82, 2.24) is 0 Å². The Bertz CT molecular complexity index is 698. The summed E-state index contributed by atoms with van der Waals surface area (Å²) in [7, 11) is 0. The number of hydrogen-bond acceptors (Lipinski definition) is 3. The molecule has 4 nitrogen and oxygen atoms in total. The molecule has 21 heavy (non-hydrogen) atoms. The minimum absolute atomic E-state index is 0.0942. The minimum Gasteiger partial charge on any atom is -0.454 e. The number of carbonyl (C=O) groups is 2. The number of amides is 1. The maximum atomic E-state index is 11.7. The highest BCUT2D eigenvalue weighted by Crippen LogP contribution is 2.32. The Kier molecular flexibility index (Phi) is 4.75. The molecule has 1 N–H and O–H groups in total. The van der Waals surface area contributed by atoms with Crippen LogP contribution in [0.5, 0.6) is 11.5 Å². The van der Waals surface area contributed by atoms with Gasteiger partial charge in [0.25, 0.3) is 0 Å². The van der Waals surface area contributed by atoms with E-state index in [4.69, 9.17) is 4.74 Å². The average molecular weight is 348 g/mol. The lowest BCUT2D eigenvalue weighted by Gasteiger charge is -2.13. The van der Waals surface area contributed by atoms with Gasteiger partial charge in [-0.15, -0.1) is 0 Å². The number of ether oxygens (including phenoxy) is 1. The summed E-state index contributed by atoms with van der Waals surface area (Å²) >= 11 is 3.33. The maximum absolute atomic E-state index is 11.7. The monoisotopic (exact) mass is 347 g/mol. The van der Waals surface area contributed by atoms with Crippen molar-refractivity contribution >= 4 is 33.3 Å². The summed E-state index contributed by atoms with van der Waals surface area (Å²) in [4.78, 5) is 22.9. The minimum atomic E-state index is -0.186. The molecule has 5 heteroatoms. The zero-order valence-corrected chi connectivity index (χ0v) is 13.2. The lowest BCUT2D eigenvalue weighted by molar-refractivity contribution is -0.114. The number of ketones is 1. The third kappa shape index (κ3) is 3.92. The van der Waals surface area contributed by atoms with Crippen molar-refractivity contribution in [2.75, 3.05) is 5.32 Å². The molecular weight excluding hydrogens is 334 g/mol. The number of hydrogen-bond donors (Lipinski definition) is 1. The lowest BCUT2D eigenvalue weighted by Crippen LogP contribution is -2.07. The highest BCUT2D eigenvalue weighted by atomic mass is 79.9. The zero-order valence-electron chi connectivity index (χ0n) is 11.6. The standard InChI is InChI=1S/C16H14BrNO3/c1-10(19)13-9-12(17)7-8-15(13)21-16-6-4-3-5-14(16)18-11(2)20/h3-9H,1-2H3,(H,18,20). The van der Waals surface area contributed by atoms with Crippen molar-refractivity contribution in [3.05, 3.63) is 52.5 Å². The van der Waals surface area contributed by atoms with Crippen LogP contribution in [0.15, 0.2) is 46.9 Å². The largest absolute Gasteiger partial charge is 0.454 e. The normalized spacial score (nSPS) is 10.0. The lowest BCUT2D eigenvalue weighted by atomic mass is 10.1. The van der Waals surface area contributed by atoms with Crippen LogP contribution in [0.2, 0.25) is 0 Å². The van der Waals surface area contributed by atoms with Gasteiger partial charge in [0, 0.05) is 11.4 Å². The van der Waals surface area contributed by atoms with Gasteiger partial charge in [0.05, 0.1) is 11.3 Å². The van der Waals surface area contributed by atoms with Crippen LogP contribution in [-0.2, 0) is 4.79 Å². The SMILES string of the molecule is CC(=O)Nc1ccccc1Oc1ccc(Br)cc1C(C)=O. The Balaban J connectivity index is 2.39. The van der Waals surface area contributed by atoms with E-state index in [1.165, 1.54) is 13.8 Å². The first-order valence-electron chi connectivity index (χ1n) is 6.32. The molecule has 0 unspecified atom stereocenters. The molecule has 2 rings (SSSR count). The van der Waals surface area contributed by atoms with Gasteiger partial charge >= 0.3 is 0 Å². The molecule has 0 aromatic heterocycles. The van der Waals surface area contributed by atoms with E-state index < -0.39 is 0 Å². The van der Waals surface area contributed by atoms with Gasteiger partial charge < -0.3 is 10.1 Å². The van der Waals surface area contributed by atoms with Crippen LogP contribution in [0.3, 0.4) is 0 Å². The Morgan fingerprint density at radius 2 is 1.76 bits per heavy atom. The molecule has 0 radical (unpaired) electrons. The number of rotatable bonds is 4. The van der Waals surface area contributed by atoms with Crippen molar-refractivity contribution in [3.63, 3.8) is 0 Å². The molecule has 0 aliphatic heterocycles. The molecule has 0 fully saturated rings. The molecule has 0 atom stereocenters. The van der Waals surface area contributed by atoms with E-state index in [9.17, 15) is 9.59 Å². The fourth-order valence-electron chi connectivity index (χ4n) is 1.83. The van der Waals surface area contributed by atoms with Crippen LogP contribution < -0.4 is 10.1 Å². The zero-order chi connectivity index (χ0) is 15.4. The molecule has 2 aromatic rings. The number of anilines is 1. The second kappa shape index (κ2) is 6.54. The van der Waals surface area contributed by atoms with E-state index in [0.29, 0.717) is 22.7 Å². The van der Waals surface area contributed by atoms with E-state index in [1.54, 1.807) is 42.5 Å². The molecule has 0 saturated heterocycles. The van der Waals surface area contributed by atoms with Crippen LogP contribution in [0.25, 0.3) is 0 Å². The highest BCUT2D eigenvalue weighted by molar-refractivity contribution is 9.10. The van der Waals surface area contributed by atoms with Crippen LogP contribution in [0.4, 0.5) is 5.69 Å².